The van der Waals surface area contributed by atoms with Crippen molar-refractivity contribution >= 4 is 5.69 Å². The Balaban J connectivity index is 1.52. The van der Waals surface area contributed by atoms with Crippen LogP contribution in [0.5, 0.6) is 5.75 Å². The summed E-state index contributed by atoms with van der Waals surface area (Å²) in [6.45, 7) is -2.03. The van der Waals surface area contributed by atoms with Crippen LogP contribution in [-0.4, -0.2) is 163 Å². The zero-order valence-electron chi connectivity index (χ0n) is 21.6. The lowest BCUT2D eigenvalue weighted by atomic mass is 9.96. The molecule has 0 radical (unpaired) electrons. The molecule has 3 heterocycles. The minimum Gasteiger partial charge on any atom is -0.462 e. The van der Waals surface area contributed by atoms with Gasteiger partial charge >= 0.3 is 0 Å². The standard InChI is InChI=1S/C24H37NO16/c25-8-1-3-9(4-2-8)37-24-20(35)21(41-23-19(34)17(32)14(29)11(6-27)39-23)15(30)12(40-24)7-36-22-18(33)16(31)13(28)10(5-26)38-22/h1-4,10-24,26-35H,5-7,25H2/t10-,11-,12-,13-,14-,15-,16+,17+,18+,19+,20+,21+,22+,23-,24+/m1/s1. The van der Waals surface area contributed by atoms with Gasteiger partial charge in [-0.05, 0) is 24.3 Å². The van der Waals surface area contributed by atoms with Gasteiger partial charge in [0.15, 0.2) is 12.6 Å². The van der Waals surface area contributed by atoms with Gasteiger partial charge < -0.3 is 85.2 Å². The quantitative estimate of drug-likeness (QED) is 0.118. The zero-order valence-corrected chi connectivity index (χ0v) is 21.6. The SMILES string of the molecule is Nc1ccc(O[C@H]2O[C@H](CO[C@H]3O[C@H](CO)[C@@H](O)[C@H](O)[C@@H]3O)[C@@H](O)[C@H](O[C@H]3O[C@H](CO)[C@@H](O)[C@H](O)[C@@H]3O)[C@@H]2O)cc1. The molecule has 0 aromatic heterocycles. The first-order chi connectivity index (χ1) is 19.5. The summed E-state index contributed by atoms with van der Waals surface area (Å²) in [5, 5.41) is 102. The number of hydrogen-bond acceptors (Lipinski definition) is 17. The molecule has 234 valence electrons. The maximum absolute atomic E-state index is 11.1. The Hall–Kier alpha value is -1.78. The molecule has 4 rings (SSSR count). The Morgan fingerprint density at radius 1 is 0.585 bits per heavy atom. The van der Waals surface area contributed by atoms with Gasteiger partial charge in [-0.2, -0.15) is 0 Å². The van der Waals surface area contributed by atoms with Gasteiger partial charge in [0.1, 0.15) is 79.0 Å². The van der Waals surface area contributed by atoms with E-state index in [0.29, 0.717) is 5.69 Å². The van der Waals surface area contributed by atoms with Gasteiger partial charge in [-0.15, -0.1) is 0 Å². The molecule has 17 nitrogen and oxygen atoms in total. The lowest BCUT2D eigenvalue weighted by Crippen LogP contribution is -2.65. The molecular formula is C24H37NO16. The molecule has 0 saturated carbocycles. The fourth-order valence-corrected chi connectivity index (χ4v) is 4.71. The molecule has 1 aromatic rings. The maximum atomic E-state index is 11.1. The van der Waals surface area contributed by atoms with Gasteiger partial charge in [0.2, 0.25) is 6.29 Å². The predicted octanol–water partition coefficient (Wildman–Crippen LogP) is -5.90. The Kier molecular flexibility index (Phi) is 10.7. The molecule has 3 aliphatic rings. The number of rotatable bonds is 9. The van der Waals surface area contributed by atoms with Crippen molar-refractivity contribution in [2.75, 3.05) is 25.6 Å². The first kappa shape index (κ1) is 32.1. The van der Waals surface area contributed by atoms with E-state index in [-0.39, 0.29) is 5.75 Å². The topological polar surface area (TPSA) is 284 Å². The molecule has 41 heavy (non-hydrogen) atoms. The number of anilines is 1. The molecule has 0 spiro atoms. The van der Waals surface area contributed by atoms with Crippen molar-refractivity contribution in [2.45, 2.75) is 92.1 Å². The number of nitrogen functional groups attached to an aromatic ring is 1. The Morgan fingerprint density at radius 3 is 1.66 bits per heavy atom. The summed E-state index contributed by atoms with van der Waals surface area (Å²) in [5.74, 6) is 0.194. The number of hydrogen-bond donors (Lipinski definition) is 11. The highest BCUT2D eigenvalue weighted by atomic mass is 16.7. The highest BCUT2D eigenvalue weighted by molar-refractivity contribution is 5.41. The molecule has 15 atom stereocenters. The summed E-state index contributed by atoms with van der Waals surface area (Å²) >= 11 is 0. The van der Waals surface area contributed by atoms with E-state index in [1.165, 1.54) is 24.3 Å². The summed E-state index contributed by atoms with van der Waals surface area (Å²) < 4.78 is 33.2. The monoisotopic (exact) mass is 595 g/mol. The molecule has 12 N–H and O–H groups in total. The van der Waals surface area contributed by atoms with Crippen molar-refractivity contribution in [3.05, 3.63) is 24.3 Å². The smallest absolute Gasteiger partial charge is 0.229 e. The second-order valence-corrected chi connectivity index (χ2v) is 10.0. The third-order valence-corrected chi connectivity index (χ3v) is 7.19. The van der Waals surface area contributed by atoms with Gasteiger partial charge in [-0.3, -0.25) is 0 Å². The maximum Gasteiger partial charge on any atom is 0.229 e. The van der Waals surface area contributed by atoms with Crippen molar-refractivity contribution < 1.29 is 79.5 Å². The van der Waals surface area contributed by atoms with Crippen molar-refractivity contribution in [3.63, 3.8) is 0 Å². The molecule has 0 bridgehead atoms. The van der Waals surface area contributed by atoms with Crippen molar-refractivity contribution in [1.29, 1.82) is 0 Å². The Morgan fingerprint density at radius 2 is 1.10 bits per heavy atom. The van der Waals surface area contributed by atoms with Gasteiger partial charge in [0.05, 0.1) is 19.8 Å². The van der Waals surface area contributed by atoms with Gasteiger partial charge in [0, 0.05) is 5.69 Å². The third-order valence-electron chi connectivity index (χ3n) is 7.19. The average Bonchev–Trinajstić information content (AvgIpc) is 2.96. The van der Waals surface area contributed by atoms with Crippen molar-refractivity contribution in [1.82, 2.24) is 0 Å². The lowest BCUT2D eigenvalue weighted by molar-refractivity contribution is -0.358. The molecule has 0 unspecified atom stereocenters. The minimum atomic E-state index is -1.85. The van der Waals surface area contributed by atoms with Gasteiger partial charge in [-0.25, -0.2) is 0 Å². The molecule has 3 fully saturated rings. The van der Waals surface area contributed by atoms with Gasteiger partial charge in [-0.1, -0.05) is 0 Å². The molecule has 0 aliphatic carbocycles. The van der Waals surface area contributed by atoms with E-state index in [1.807, 2.05) is 0 Å². The number of ether oxygens (including phenoxy) is 6. The highest BCUT2D eigenvalue weighted by Gasteiger charge is 2.52. The fraction of sp³-hybridized carbons (Fsp3) is 0.750. The summed E-state index contributed by atoms with van der Waals surface area (Å²) in [6, 6.07) is 5.98. The lowest BCUT2D eigenvalue weighted by Gasteiger charge is -2.46. The Bertz CT molecular complexity index is 954. The van der Waals surface area contributed by atoms with Crippen LogP contribution in [0.3, 0.4) is 0 Å². The van der Waals surface area contributed by atoms with Crippen LogP contribution in [-0.2, 0) is 23.7 Å². The summed E-state index contributed by atoms with van der Waals surface area (Å²) in [4.78, 5) is 0. The van der Waals surface area contributed by atoms with Crippen LogP contribution < -0.4 is 10.5 Å². The van der Waals surface area contributed by atoms with E-state index >= 15 is 0 Å². The van der Waals surface area contributed by atoms with E-state index in [9.17, 15) is 51.1 Å². The van der Waals surface area contributed by atoms with E-state index in [4.69, 9.17) is 34.2 Å². The Labute approximate surface area is 233 Å². The van der Waals surface area contributed by atoms with Crippen LogP contribution in [0, 0.1) is 0 Å². The average molecular weight is 596 g/mol. The first-order valence-corrected chi connectivity index (χ1v) is 12.9. The number of nitrogens with two attached hydrogens (primary N) is 1. The summed E-state index contributed by atoms with van der Waals surface area (Å²) in [6.07, 6.45) is -24.4. The largest absolute Gasteiger partial charge is 0.462 e. The number of aliphatic hydroxyl groups excluding tert-OH is 10. The molecule has 3 saturated heterocycles. The highest BCUT2D eigenvalue weighted by Crippen LogP contribution is 2.31. The third kappa shape index (κ3) is 6.90. The van der Waals surface area contributed by atoms with Crippen molar-refractivity contribution in [2.24, 2.45) is 0 Å². The van der Waals surface area contributed by atoms with Crippen LogP contribution >= 0.6 is 0 Å². The van der Waals surface area contributed by atoms with E-state index in [2.05, 4.69) is 0 Å². The number of benzene rings is 1. The minimum absolute atomic E-state index is 0.194. The van der Waals surface area contributed by atoms with Crippen LogP contribution in [0.4, 0.5) is 5.69 Å². The van der Waals surface area contributed by atoms with E-state index in [1.54, 1.807) is 0 Å². The molecule has 3 aliphatic heterocycles. The normalized spacial score (nSPS) is 45.4. The van der Waals surface area contributed by atoms with E-state index < -0.39 is 112 Å². The molecule has 0 amide bonds. The number of aliphatic hydroxyl groups is 10. The van der Waals surface area contributed by atoms with Crippen LogP contribution in [0.15, 0.2) is 24.3 Å². The van der Waals surface area contributed by atoms with Crippen molar-refractivity contribution in [3.8, 4) is 5.75 Å². The van der Waals surface area contributed by atoms with Crippen LogP contribution in [0.1, 0.15) is 0 Å². The molecule has 1 aromatic carbocycles. The molecular weight excluding hydrogens is 558 g/mol. The summed E-state index contributed by atoms with van der Waals surface area (Å²) in [5.41, 5.74) is 6.11. The second kappa shape index (κ2) is 13.7. The predicted molar refractivity (Wildman–Crippen MR) is 131 cm³/mol. The first-order valence-electron chi connectivity index (χ1n) is 12.9. The van der Waals surface area contributed by atoms with E-state index in [0.717, 1.165) is 0 Å². The second-order valence-electron chi connectivity index (χ2n) is 10.0. The molecule has 17 heteroatoms. The van der Waals surface area contributed by atoms with Gasteiger partial charge in [0.25, 0.3) is 0 Å². The van der Waals surface area contributed by atoms with Crippen LogP contribution in [0.25, 0.3) is 0 Å². The fourth-order valence-electron chi connectivity index (χ4n) is 4.71. The summed E-state index contributed by atoms with van der Waals surface area (Å²) in [7, 11) is 0. The van der Waals surface area contributed by atoms with Crippen LogP contribution in [0.2, 0.25) is 0 Å². The zero-order chi connectivity index (χ0) is 30.0.